The Morgan fingerprint density at radius 2 is 2.11 bits per heavy atom. The van der Waals surface area contributed by atoms with Crippen molar-refractivity contribution in [3.63, 3.8) is 0 Å². The fourth-order valence-electron chi connectivity index (χ4n) is 1.37. The molecule has 7 heteroatoms. The van der Waals surface area contributed by atoms with Gasteiger partial charge in [0.05, 0.1) is 18.7 Å². The number of aromatic nitrogens is 2. The molecule has 0 saturated heterocycles. The largest absolute Gasteiger partial charge is 0.436 e. The lowest BCUT2D eigenvalue weighted by atomic mass is 10.2. The van der Waals surface area contributed by atoms with Crippen LogP contribution in [0.4, 0.5) is 10.3 Å². The average molecular weight is 259 g/mol. The van der Waals surface area contributed by atoms with Crippen LogP contribution in [0.3, 0.4) is 0 Å². The Hall–Kier alpha value is -2.72. The predicted molar refractivity (Wildman–Crippen MR) is 65.6 cm³/mol. The SMILES string of the molecule is N#CCc1ccc(Oc2nc(NN)ncc2F)cc1. The van der Waals surface area contributed by atoms with E-state index in [1.807, 2.05) is 6.07 Å². The van der Waals surface area contributed by atoms with Gasteiger partial charge in [0.25, 0.3) is 5.88 Å². The molecule has 3 N–H and O–H groups in total. The first-order chi connectivity index (χ1) is 9.22. The molecule has 1 heterocycles. The van der Waals surface area contributed by atoms with Crippen LogP contribution in [0, 0.1) is 17.1 Å². The van der Waals surface area contributed by atoms with E-state index < -0.39 is 5.82 Å². The fraction of sp³-hybridized carbons (Fsp3) is 0.0833. The molecule has 0 radical (unpaired) electrons. The summed E-state index contributed by atoms with van der Waals surface area (Å²) in [6, 6.07) is 8.74. The summed E-state index contributed by atoms with van der Waals surface area (Å²) in [4.78, 5) is 7.35. The topological polar surface area (TPSA) is 96.8 Å². The van der Waals surface area contributed by atoms with E-state index in [1.54, 1.807) is 24.3 Å². The zero-order chi connectivity index (χ0) is 13.7. The Morgan fingerprint density at radius 1 is 1.37 bits per heavy atom. The second-order valence-electron chi connectivity index (χ2n) is 3.57. The molecule has 0 amide bonds. The summed E-state index contributed by atoms with van der Waals surface area (Å²) in [5, 5.41) is 8.55. The van der Waals surface area contributed by atoms with Crippen molar-refractivity contribution < 1.29 is 9.13 Å². The summed E-state index contributed by atoms with van der Waals surface area (Å²) < 4.78 is 18.7. The zero-order valence-corrected chi connectivity index (χ0v) is 9.80. The number of hydrazine groups is 1. The fourth-order valence-corrected chi connectivity index (χ4v) is 1.37. The smallest absolute Gasteiger partial charge is 0.260 e. The van der Waals surface area contributed by atoms with Gasteiger partial charge in [0.1, 0.15) is 5.75 Å². The van der Waals surface area contributed by atoms with Crippen LogP contribution in [-0.4, -0.2) is 9.97 Å². The summed E-state index contributed by atoms with van der Waals surface area (Å²) >= 11 is 0. The van der Waals surface area contributed by atoms with Gasteiger partial charge < -0.3 is 4.74 Å². The minimum atomic E-state index is -0.694. The number of hydrogen-bond donors (Lipinski definition) is 2. The van der Waals surface area contributed by atoms with Crippen molar-refractivity contribution in [3.05, 3.63) is 41.8 Å². The molecule has 0 aliphatic heterocycles. The number of ether oxygens (including phenoxy) is 1. The lowest BCUT2D eigenvalue weighted by molar-refractivity contribution is 0.420. The summed E-state index contributed by atoms with van der Waals surface area (Å²) in [6.45, 7) is 0. The van der Waals surface area contributed by atoms with Gasteiger partial charge >= 0.3 is 0 Å². The third kappa shape index (κ3) is 3.14. The number of benzene rings is 1. The first-order valence-electron chi connectivity index (χ1n) is 5.36. The standard InChI is InChI=1S/C12H10FN5O/c13-10-7-16-12(18-15)17-11(10)19-9-3-1-8(2-4-9)5-6-14/h1-4,7H,5,15H2,(H,16,17,18). The quantitative estimate of drug-likeness (QED) is 0.641. The van der Waals surface area contributed by atoms with Crippen LogP contribution < -0.4 is 16.0 Å². The normalized spacial score (nSPS) is 9.74. The van der Waals surface area contributed by atoms with Crippen molar-refractivity contribution in [2.75, 3.05) is 5.43 Å². The lowest BCUT2D eigenvalue weighted by Gasteiger charge is -2.07. The van der Waals surface area contributed by atoms with E-state index in [4.69, 9.17) is 15.8 Å². The van der Waals surface area contributed by atoms with Crippen LogP contribution in [0.15, 0.2) is 30.5 Å². The molecule has 0 bridgehead atoms. The minimum absolute atomic E-state index is 0.0532. The Balaban J connectivity index is 2.19. The van der Waals surface area contributed by atoms with E-state index in [1.165, 1.54) is 0 Å². The maximum absolute atomic E-state index is 13.4. The first-order valence-corrected chi connectivity index (χ1v) is 5.36. The molecule has 0 atom stereocenters. The molecule has 0 aliphatic carbocycles. The molecule has 0 saturated carbocycles. The highest BCUT2D eigenvalue weighted by Gasteiger charge is 2.09. The Morgan fingerprint density at radius 3 is 2.74 bits per heavy atom. The Labute approximate surface area is 108 Å². The first kappa shape index (κ1) is 12.7. The van der Waals surface area contributed by atoms with Gasteiger partial charge in [0.2, 0.25) is 11.8 Å². The molecular weight excluding hydrogens is 249 g/mol. The van der Waals surface area contributed by atoms with Gasteiger partial charge in [-0.1, -0.05) is 12.1 Å². The van der Waals surface area contributed by atoms with E-state index in [0.29, 0.717) is 12.2 Å². The Bertz CT molecular complexity index is 609. The summed E-state index contributed by atoms with van der Waals surface area (Å²) in [6.07, 6.45) is 1.27. The van der Waals surface area contributed by atoms with Crippen molar-refractivity contribution in [1.82, 2.24) is 9.97 Å². The molecule has 96 valence electrons. The molecule has 0 aliphatic rings. The minimum Gasteiger partial charge on any atom is -0.436 e. The van der Waals surface area contributed by atoms with Gasteiger partial charge in [-0.25, -0.2) is 10.8 Å². The number of anilines is 1. The number of halogens is 1. The maximum atomic E-state index is 13.4. The maximum Gasteiger partial charge on any atom is 0.260 e. The Kier molecular flexibility index (Phi) is 3.85. The molecule has 0 unspecified atom stereocenters. The van der Waals surface area contributed by atoms with E-state index in [9.17, 15) is 4.39 Å². The zero-order valence-electron chi connectivity index (χ0n) is 9.80. The van der Waals surface area contributed by atoms with Crippen LogP contribution >= 0.6 is 0 Å². The summed E-state index contributed by atoms with van der Waals surface area (Å²) in [5.74, 6) is 4.67. The summed E-state index contributed by atoms with van der Waals surface area (Å²) in [7, 11) is 0. The van der Waals surface area contributed by atoms with E-state index in [0.717, 1.165) is 11.8 Å². The van der Waals surface area contributed by atoms with E-state index >= 15 is 0 Å². The van der Waals surface area contributed by atoms with Crippen molar-refractivity contribution in [2.24, 2.45) is 5.84 Å². The third-order valence-corrected chi connectivity index (χ3v) is 2.26. The monoisotopic (exact) mass is 259 g/mol. The van der Waals surface area contributed by atoms with Crippen molar-refractivity contribution in [3.8, 4) is 17.7 Å². The van der Waals surface area contributed by atoms with Crippen LogP contribution in [0.5, 0.6) is 11.6 Å². The van der Waals surface area contributed by atoms with Crippen LogP contribution in [-0.2, 0) is 6.42 Å². The van der Waals surface area contributed by atoms with Gasteiger partial charge in [0.15, 0.2) is 0 Å². The molecule has 2 rings (SSSR count). The summed E-state index contributed by atoms with van der Waals surface area (Å²) in [5.41, 5.74) is 3.05. The third-order valence-electron chi connectivity index (χ3n) is 2.26. The number of rotatable bonds is 4. The number of nitrogens with two attached hydrogens (primary N) is 1. The van der Waals surface area contributed by atoms with Gasteiger partial charge in [-0.15, -0.1) is 0 Å². The van der Waals surface area contributed by atoms with Crippen LogP contribution in [0.1, 0.15) is 5.56 Å². The van der Waals surface area contributed by atoms with Crippen LogP contribution in [0.2, 0.25) is 0 Å². The molecule has 0 spiro atoms. The average Bonchev–Trinajstić information content (AvgIpc) is 2.44. The number of nitrogens with one attached hydrogen (secondary N) is 1. The van der Waals surface area contributed by atoms with Crippen molar-refractivity contribution in [2.45, 2.75) is 6.42 Å². The number of nitrogen functional groups attached to an aromatic ring is 1. The molecule has 1 aromatic heterocycles. The molecule has 2 aromatic rings. The van der Waals surface area contributed by atoms with Gasteiger partial charge in [0, 0.05) is 0 Å². The van der Waals surface area contributed by atoms with Crippen molar-refractivity contribution in [1.29, 1.82) is 5.26 Å². The highest BCUT2D eigenvalue weighted by molar-refractivity contribution is 5.33. The number of nitrogens with zero attached hydrogens (tertiary/aromatic N) is 3. The number of hydrogen-bond acceptors (Lipinski definition) is 6. The highest BCUT2D eigenvalue weighted by Crippen LogP contribution is 2.23. The van der Waals surface area contributed by atoms with Gasteiger partial charge in [-0.05, 0) is 17.7 Å². The highest BCUT2D eigenvalue weighted by atomic mass is 19.1. The molecule has 0 fully saturated rings. The van der Waals surface area contributed by atoms with E-state index in [-0.39, 0.29) is 11.8 Å². The van der Waals surface area contributed by atoms with Crippen LogP contribution in [0.25, 0.3) is 0 Å². The molecular formula is C12H10FN5O. The molecule has 6 nitrogen and oxygen atoms in total. The second kappa shape index (κ2) is 5.75. The van der Waals surface area contributed by atoms with E-state index in [2.05, 4.69) is 15.4 Å². The predicted octanol–water partition coefficient (Wildman–Crippen LogP) is 1.76. The van der Waals surface area contributed by atoms with Gasteiger partial charge in [-0.2, -0.15) is 14.6 Å². The van der Waals surface area contributed by atoms with Gasteiger partial charge in [-0.3, -0.25) is 5.43 Å². The molecule has 19 heavy (non-hydrogen) atoms. The second-order valence-corrected chi connectivity index (χ2v) is 3.57. The molecule has 1 aromatic carbocycles. The lowest BCUT2D eigenvalue weighted by Crippen LogP contribution is -2.11. The number of nitriles is 1. The van der Waals surface area contributed by atoms with Crippen molar-refractivity contribution >= 4 is 5.95 Å².